The van der Waals surface area contributed by atoms with Gasteiger partial charge < -0.3 is 14.9 Å². The molecule has 27 heavy (non-hydrogen) atoms. The summed E-state index contributed by atoms with van der Waals surface area (Å²) in [5.74, 6) is -0.120. The first-order valence-corrected chi connectivity index (χ1v) is 9.22. The summed E-state index contributed by atoms with van der Waals surface area (Å²) in [6.07, 6.45) is 4.01. The Hall–Kier alpha value is -2.44. The SMILES string of the molecule is C=C[C@@]1(C(=O)O)CN2CC[C@H]1C[C@H]2[C@H](O)c1ccnc2ccc(OC)cc12. The van der Waals surface area contributed by atoms with Gasteiger partial charge in [0.05, 0.1) is 18.7 Å². The van der Waals surface area contributed by atoms with Crippen LogP contribution in [-0.2, 0) is 4.79 Å². The number of benzene rings is 1. The fourth-order valence-corrected chi connectivity index (χ4v) is 4.80. The largest absolute Gasteiger partial charge is 0.497 e. The minimum absolute atomic E-state index is 0.0141. The third-order valence-corrected chi connectivity index (χ3v) is 6.38. The molecule has 3 saturated heterocycles. The molecule has 1 unspecified atom stereocenters. The van der Waals surface area contributed by atoms with Crippen LogP contribution in [0.1, 0.15) is 24.5 Å². The van der Waals surface area contributed by atoms with Crippen LogP contribution in [0.15, 0.2) is 43.1 Å². The third kappa shape index (κ3) is 2.71. The maximum atomic E-state index is 11.9. The number of carbonyl (C=O) groups is 1. The molecule has 2 aromatic rings. The lowest BCUT2D eigenvalue weighted by molar-refractivity contribution is -0.162. The summed E-state index contributed by atoms with van der Waals surface area (Å²) >= 11 is 0. The fourth-order valence-electron chi connectivity index (χ4n) is 4.80. The van der Waals surface area contributed by atoms with Crippen LogP contribution in [-0.4, -0.2) is 52.3 Å². The Morgan fingerprint density at radius 3 is 2.93 bits per heavy atom. The molecule has 6 nitrogen and oxygen atoms in total. The van der Waals surface area contributed by atoms with Crippen molar-refractivity contribution >= 4 is 16.9 Å². The molecule has 5 rings (SSSR count). The second kappa shape index (κ2) is 6.62. The van der Waals surface area contributed by atoms with Gasteiger partial charge in [0.1, 0.15) is 11.2 Å². The number of nitrogens with zero attached hydrogens (tertiary/aromatic N) is 2. The lowest BCUT2D eigenvalue weighted by Crippen LogP contribution is -2.62. The van der Waals surface area contributed by atoms with Crippen molar-refractivity contribution in [1.82, 2.24) is 9.88 Å². The number of rotatable bonds is 5. The number of ether oxygens (including phenoxy) is 1. The number of aliphatic carboxylic acids is 1. The van der Waals surface area contributed by atoms with E-state index in [1.807, 2.05) is 24.3 Å². The zero-order chi connectivity index (χ0) is 19.2. The zero-order valence-corrected chi connectivity index (χ0v) is 15.3. The fraction of sp³-hybridized carbons (Fsp3) is 0.429. The molecule has 3 aliphatic rings. The Labute approximate surface area is 158 Å². The van der Waals surface area contributed by atoms with Crippen LogP contribution in [0.2, 0.25) is 0 Å². The van der Waals surface area contributed by atoms with Gasteiger partial charge in [-0.25, -0.2) is 0 Å². The summed E-state index contributed by atoms with van der Waals surface area (Å²) in [4.78, 5) is 18.4. The van der Waals surface area contributed by atoms with Gasteiger partial charge in [0.15, 0.2) is 0 Å². The Morgan fingerprint density at radius 1 is 1.48 bits per heavy atom. The number of aliphatic hydroxyl groups is 1. The minimum atomic E-state index is -0.919. The number of carboxylic acids is 1. The number of carboxylic acid groups (broad SMARTS) is 1. The summed E-state index contributed by atoms with van der Waals surface area (Å²) in [6.45, 7) is 4.98. The number of methoxy groups -OCH3 is 1. The molecular formula is C21H24N2O4. The van der Waals surface area contributed by atoms with E-state index in [0.717, 1.165) is 29.4 Å². The average molecular weight is 368 g/mol. The molecule has 1 aromatic heterocycles. The van der Waals surface area contributed by atoms with Gasteiger partial charge in [-0.2, -0.15) is 0 Å². The minimum Gasteiger partial charge on any atom is -0.497 e. The van der Waals surface area contributed by atoms with E-state index in [4.69, 9.17) is 4.74 Å². The van der Waals surface area contributed by atoms with E-state index in [0.29, 0.717) is 18.7 Å². The van der Waals surface area contributed by atoms with Gasteiger partial charge >= 0.3 is 5.97 Å². The van der Waals surface area contributed by atoms with Crippen LogP contribution in [0.5, 0.6) is 5.75 Å². The lowest BCUT2D eigenvalue weighted by atomic mass is 9.63. The quantitative estimate of drug-likeness (QED) is 0.790. The number of piperidine rings is 3. The standard InChI is InChI=1S/C21H24N2O4/c1-3-21(20(25)26)12-23-9-7-13(21)10-18(23)19(24)15-6-8-22-17-5-4-14(27-2)11-16(15)17/h3-6,8,11,13,18-19,24H,1,7,9-10,12H2,2H3,(H,25,26)/t13-,18-,19+,21+/m0/s1. The van der Waals surface area contributed by atoms with E-state index in [1.165, 1.54) is 0 Å². The molecule has 0 spiro atoms. The molecule has 5 atom stereocenters. The van der Waals surface area contributed by atoms with Gasteiger partial charge in [0.2, 0.25) is 0 Å². The summed E-state index contributed by atoms with van der Waals surface area (Å²) < 4.78 is 5.32. The number of fused-ring (bicyclic) bond motifs is 4. The third-order valence-electron chi connectivity index (χ3n) is 6.38. The van der Waals surface area contributed by atoms with Crippen LogP contribution in [0, 0.1) is 11.3 Å². The first-order valence-electron chi connectivity index (χ1n) is 9.22. The molecule has 142 valence electrons. The van der Waals surface area contributed by atoms with Crippen molar-refractivity contribution in [3.05, 3.63) is 48.7 Å². The first-order chi connectivity index (χ1) is 13.0. The van der Waals surface area contributed by atoms with Gasteiger partial charge in [-0.1, -0.05) is 6.08 Å². The number of aromatic nitrogens is 1. The highest BCUT2D eigenvalue weighted by atomic mass is 16.5. The molecular weight excluding hydrogens is 344 g/mol. The summed E-state index contributed by atoms with van der Waals surface area (Å²) in [7, 11) is 1.61. The second-order valence-electron chi connectivity index (χ2n) is 7.54. The van der Waals surface area contributed by atoms with E-state index < -0.39 is 17.5 Å². The number of hydrogen-bond donors (Lipinski definition) is 2. The van der Waals surface area contributed by atoms with Crippen LogP contribution >= 0.6 is 0 Å². The molecule has 0 amide bonds. The highest BCUT2D eigenvalue weighted by molar-refractivity contribution is 5.84. The maximum Gasteiger partial charge on any atom is 0.315 e. The van der Waals surface area contributed by atoms with E-state index in [1.54, 1.807) is 19.4 Å². The Kier molecular flexibility index (Phi) is 4.40. The van der Waals surface area contributed by atoms with Gasteiger partial charge in [0, 0.05) is 24.2 Å². The van der Waals surface area contributed by atoms with Gasteiger partial charge in [-0.05, 0) is 55.1 Å². The zero-order valence-electron chi connectivity index (χ0n) is 15.3. The van der Waals surface area contributed by atoms with Crippen LogP contribution in [0.25, 0.3) is 10.9 Å². The van der Waals surface area contributed by atoms with Gasteiger partial charge in [0.25, 0.3) is 0 Å². The predicted molar refractivity (Wildman–Crippen MR) is 102 cm³/mol. The Balaban J connectivity index is 1.69. The van der Waals surface area contributed by atoms with Crippen molar-refractivity contribution in [1.29, 1.82) is 0 Å². The monoisotopic (exact) mass is 368 g/mol. The van der Waals surface area contributed by atoms with Gasteiger partial charge in [-0.15, -0.1) is 6.58 Å². The lowest BCUT2D eigenvalue weighted by Gasteiger charge is -2.54. The Bertz CT molecular complexity index is 899. The molecule has 6 heteroatoms. The van der Waals surface area contributed by atoms with E-state index in [2.05, 4.69) is 16.5 Å². The van der Waals surface area contributed by atoms with Crippen molar-refractivity contribution in [3.63, 3.8) is 0 Å². The average Bonchev–Trinajstić information content (AvgIpc) is 2.72. The van der Waals surface area contributed by atoms with Crippen molar-refractivity contribution in [2.45, 2.75) is 25.0 Å². The van der Waals surface area contributed by atoms with Crippen LogP contribution < -0.4 is 4.74 Å². The molecule has 2 bridgehead atoms. The van der Waals surface area contributed by atoms with Crippen LogP contribution in [0.4, 0.5) is 0 Å². The molecule has 0 aliphatic carbocycles. The summed E-state index contributed by atoms with van der Waals surface area (Å²) in [5, 5.41) is 21.9. The highest BCUT2D eigenvalue weighted by Crippen LogP contribution is 2.48. The van der Waals surface area contributed by atoms with Crippen molar-refractivity contribution in [2.75, 3.05) is 20.2 Å². The Morgan fingerprint density at radius 2 is 2.30 bits per heavy atom. The number of hydrogen-bond acceptors (Lipinski definition) is 5. The highest BCUT2D eigenvalue weighted by Gasteiger charge is 2.54. The summed E-state index contributed by atoms with van der Waals surface area (Å²) in [5.41, 5.74) is 0.683. The normalized spacial score (nSPS) is 30.8. The van der Waals surface area contributed by atoms with Crippen LogP contribution in [0.3, 0.4) is 0 Å². The maximum absolute atomic E-state index is 11.9. The predicted octanol–water partition coefficient (Wildman–Crippen LogP) is 2.63. The number of aliphatic hydroxyl groups excluding tert-OH is 1. The molecule has 3 fully saturated rings. The van der Waals surface area contributed by atoms with Crippen molar-refractivity contribution in [2.24, 2.45) is 11.3 Å². The van der Waals surface area contributed by atoms with E-state index in [-0.39, 0.29) is 12.0 Å². The summed E-state index contributed by atoms with van der Waals surface area (Å²) in [6, 6.07) is 7.34. The van der Waals surface area contributed by atoms with Crippen molar-refractivity contribution in [3.8, 4) is 5.75 Å². The number of pyridine rings is 1. The molecule has 3 aliphatic heterocycles. The smallest absolute Gasteiger partial charge is 0.315 e. The van der Waals surface area contributed by atoms with E-state index >= 15 is 0 Å². The molecule has 4 heterocycles. The van der Waals surface area contributed by atoms with Gasteiger partial charge in [-0.3, -0.25) is 14.7 Å². The van der Waals surface area contributed by atoms with Crippen molar-refractivity contribution < 1.29 is 19.7 Å². The topological polar surface area (TPSA) is 82.9 Å². The molecule has 2 N–H and O–H groups in total. The van der Waals surface area contributed by atoms with E-state index in [9.17, 15) is 15.0 Å². The second-order valence-corrected chi connectivity index (χ2v) is 7.54. The first kappa shape index (κ1) is 17.9. The molecule has 0 saturated carbocycles. The molecule has 0 radical (unpaired) electrons. The molecule has 1 aromatic carbocycles.